The van der Waals surface area contributed by atoms with E-state index in [2.05, 4.69) is 16.4 Å². The normalized spacial score (nSPS) is 10.7. The number of hydrogen-bond acceptors (Lipinski definition) is 4. The van der Waals surface area contributed by atoms with Gasteiger partial charge in [-0.3, -0.25) is 4.79 Å². The van der Waals surface area contributed by atoms with E-state index in [9.17, 15) is 4.79 Å². The number of methoxy groups -OCH3 is 1. The van der Waals surface area contributed by atoms with E-state index in [4.69, 9.17) is 4.74 Å². The van der Waals surface area contributed by atoms with Gasteiger partial charge in [0.2, 0.25) is 5.91 Å². The molecule has 0 aliphatic carbocycles. The average molecular weight is 326 g/mol. The van der Waals surface area contributed by atoms with Gasteiger partial charge in [-0.05, 0) is 23.9 Å². The third kappa shape index (κ3) is 3.19. The Balaban J connectivity index is 1.98. The van der Waals surface area contributed by atoms with Crippen molar-refractivity contribution >= 4 is 33.1 Å². The summed E-state index contributed by atoms with van der Waals surface area (Å²) in [5, 5.41) is 7.59. The van der Waals surface area contributed by atoms with E-state index >= 15 is 0 Å². The molecule has 0 unspecified atom stereocenters. The van der Waals surface area contributed by atoms with Crippen LogP contribution in [0.1, 0.15) is 19.8 Å². The van der Waals surface area contributed by atoms with E-state index < -0.39 is 0 Å². The third-order valence-electron chi connectivity index (χ3n) is 3.61. The van der Waals surface area contributed by atoms with Crippen molar-refractivity contribution in [2.45, 2.75) is 19.8 Å². The minimum absolute atomic E-state index is 0.00740. The van der Waals surface area contributed by atoms with Crippen LogP contribution in [-0.2, 0) is 4.79 Å². The van der Waals surface area contributed by atoms with Gasteiger partial charge in [0.25, 0.3) is 0 Å². The number of benzene rings is 2. The van der Waals surface area contributed by atoms with Crippen molar-refractivity contribution in [1.82, 2.24) is 4.98 Å². The molecule has 0 saturated carbocycles. The zero-order chi connectivity index (χ0) is 16.2. The lowest BCUT2D eigenvalue weighted by Gasteiger charge is -2.08. The van der Waals surface area contributed by atoms with E-state index in [1.54, 1.807) is 7.11 Å². The molecule has 5 heteroatoms. The van der Waals surface area contributed by atoms with Crippen LogP contribution in [0.4, 0.5) is 5.13 Å². The second kappa shape index (κ2) is 6.79. The van der Waals surface area contributed by atoms with Crippen molar-refractivity contribution in [3.8, 4) is 17.0 Å². The first-order valence-electron chi connectivity index (χ1n) is 7.54. The molecule has 0 aliphatic rings. The van der Waals surface area contributed by atoms with Crippen molar-refractivity contribution in [3.63, 3.8) is 0 Å². The summed E-state index contributed by atoms with van der Waals surface area (Å²) < 4.78 is 5.43. The Morgan fingerprint density at radius 2 is 2.00 bits per heavy atom. The monoisotopic (exact) mass is 326 g/mol. The summed E-state index contributed by atoms with van der Waals surface area (Å²) in [6, 6.07) is 12.0. The van der Waals surface area contributed by atoms with Crippen LogP contribution in [0.2, 0.25) is 0 Å². The highest BCUT2D eigenvalue weighted by Gasteiger charge is 2.12. The molecule has 0 fully saturated rings. The largest absolute Gasteiger partial charge is 0.496 e. The second-order valence-electron chi connectivity index (χ2n) is 5.20. The van der Waals surface area contributed by atoms with Crippen molar-refractivity contribution in [2.75, 3.05) is 12.4 Å². The summed E-state index contributed by atoms with van der Waals surface area (Å²) in [6.07, 6.45) is 1.34. The van der Waals surface area contributed by atoms with Crippen LogP contribution >= 0.6 is 11.3 Å². The molecular weight excluding hydrogens is 308 g/mol. The molecule has 23 heavy (non-hydrogen) atoms. The van der Waals surface area contributed by atoms with Gasteiger partial charge < -0.3 is 10.1 Å². The van der Waals surface area contributed by atoms with Crippen LogP contribution in [0.5, 0.6) is 5.75 Å². The molecule has 1 N–H and O–H groups in total. The Morgan fingerprint density at radius 1 is 1.22 bits per heavy atom. The molecule has 0 bridgehead atoms. The van der Waals surface area contributed by atoms with Crippen LogP contribution in [0.25, 0.3) is 22.0 Å². The van der Waals surface area contributed by atoms with E-state index in [-0.39, 0.29) is 5.91 Å². The Morgan fingerprint density at radius 3 is 2.74 bits per heavy atom. The molecule has 0 spiro atoms. The zero-order valence-electron chi connectivity index (χ0n) is 13.1. The number of aromatic nitrogens is 1. The molecule has 3 aromatic rings. The number of nitrogens with one attached hydrogen (secondary N) is 1. The number of nitrogens with zero attached hydrogens (tertiary/aromatic N) is 1. The second-order valence-corrected chi connectivity index (χ2v) is 6.06. The first kappa shape index (κ1) is 15.5. The lowest BCUT2D eigenvalue weighted by atomic mass is 10.0. The van der Waals surface area contributed by atoms with Gasteiger partial charge in [-0.15, -0.1) is 11.3 Å². The standard InChI is InChI=1S/C18H18N2O2S/c1-3-6-17(21)20-18-19-15(11-23-18)13-9-10-16(22-2)14-8-5-4-7-12(13)14/h4-5,7-11H,3,6H2,1-2H3,(H,19,20,21). The lowest BCUT2D eigenvalue weighted by Crippen LogP contribution is -2.10. The fourth-order valence-corrected chi connectivity index (χ4v) is 3.26. The molecule has 1 heterocycles. The Kier molecular flexibility index (Phi) is 4.57. The van der Waals surface area contributed by atoms with E-state index in [1.807, 2.05) is 42.6 Å². The van der Waals surface area contributed by atoms with Gasteiger partial charge in [-0.2, -0.15) is 0 Å². The van der Waals surface area contributed by atoms with Gasteiger partial charge in [0.05, 0.1) is 12.8 Å². The van der Waals surface area contributed by atoms with Crippen LogP contribution < -0.4 is 10.1 Å². The number of carbonyl (C=O) groups is 1. The topological polar surface area (TPSA) is 51.2 Å². The maximum absolute atomic E-state index is 11.7. The summed E-state index contributed by atoms with van der Waals surface area (Å²) in [7, 11) is 1.67. The van der Waals surface area contributed by atoms with Gasteiger partial charge in [-0.1, -0.05) is 31.2 Å². The van der Waals surface area contributed by atoms with Gasteiger partial charge in [0.15, 0.2) is 5.13 Å². The molecule has 0 atom stereocenters. The highest BCUT2D eigenvalue weighted by Crippen LogP contribution is 2.35. The fraction of sp³-hybridized carbons (Fsp3) is 0.222. The number of hydrogen-bond donors (Lipinski definition) is 1. The molecule has 1 aromatic heterocycles. The van der Waals surface area contributed by atoms with Gasteiger partial charge in [0.1, 0.15) is 5.75 Å². The maximum atomic E-state index is 11.7. The van der Waals surface area contributed by atoms with Crippen LogP contribution in [0, 0.1) is 0 Å². The number of thiazole rings is 1. The summed E-state index contributed by atoms with van der Waals surface area (Å²) in [4.78, 5) is 16.2. The maximum Gasteiger partial charge on any atom is 0.226 e. The Labute approximate surface area is 139 Å². The van der Waals surface area contributed by atoms with E-state index in [0.717, 1.165) is 34.2 Å². The quantitative estimate of drug-likeness (QED) is 0.738. The van der Waals surface area contributed by atoms with Crippen LogP contribution in [0.15, 0.2) is 41.8 Å². The molecule has 118 valence electrons. The summed E-state index contributed by atoms with van der Waals surface area (Å²) in [5.41, 5.74) is 1.90. The molecular formula is C18H18N2O2S. The highest BCUT2D eigenvalue weighted by atomic mass is 32.1. The molecule has 3 rings (SSSR count). The molecule has 0 radical (unpaired) electrons. The van der Waals surface area contributed by atoms with Crippen LogP contribution in [0.3, 0.4) is 0 Å². The fourth-order valence-electron chi connectivity index (χ4n) is 2.54. The minimum atomic E-state index is 0.00740. The average Bonchev–Trinajstić information content (AvgIpc) is 3.02. The molecule has 4 nitrogen and oxygen atoms in total. The van der Waals surface area contributed by atoms with Crippen molar-refractivity contribution in [2.24, 2.45) is 0 Å². The first-order valence-corrected chi connectivity index (χ1v) is 8.42. The van der Waals surface area contributed by atoms with Gasteiger partial charge >= 0.3 is 0 Å². The SMILES string of the molecule is CCCC(=O)Nc1nc(-c2ccc(OC)c3ccccc23)cs1. The number of rotatable bonds is 5. The molecule has 0 saturated heterocycles. The summed E-state index contributed by atoms with van der Waals surface area (Å²) in [6.45, 7) is 1.98. The van der Waals surface area contributed by atoms with E-state index in [1.165, 1.54) is 11.3 Å². The zero-order valence-corrected chi connectivity index (χ0v) is 13.9. The first-order chi connectivity index (χ1) is 11.2. The summed E-state index contributed by atoms with van der Waals surface area (Å²) in [5.74, 6) is 0.851. The number of anilines is 1. The number of ether oxygens (including phenoxy) is 1. The predicted molar refractivity (Wildman–Crippen MR) is 95.1 cm³/mol. The van der Waals surface area contributed by atoms with Gasteiger partial charge in [-0.25, -0.2) is 4.98 Å². The Bertz CT molecular complexity index is 842. The number of fused-ring (bicyclic) bond motifs is 1. The van der Waals surface area contributed by atoms with Crippen LogP contribution in [-0.4, -0.2) is 18.0 Å². The molecule has 1 amide bonds. The predicted octanol–water partition coefficient (Wildman–Crippen LogP) is 4.71. The van der Waals surface area contributed by atoms with E-state index in [0.29, 0.717) is 11.6 Å². The summed E-state index contributed by atoms with van der Waals surface area (Å²) >= 11 is 1.44. The lowest BCUT2D eigenvalue weighted by molar-refractivity contribution is -0.116. The molecule has 0 aliphatic heterocycles. The number of amides is 1. The smallest absolute Gasteiger partial charge is 0.226 e. The Hall–Kier alpha value is -2.40. The number of carbonyl (C=O) groups excluding carboxylic acids is 1. The van der Waals surface area contributed by atoms with Crippen molar-refractivity contribution < 1.29 is 9.53 Å². The minimum Gasteiger partial charge on any atom is -0.496 e. The van der Waals surface area contributed by atoms with Gasteiger partial charge in [0, 0.05) is 22.8 Å². The third-order valence-corrected chi connectivity index (χ3v) is 4.37. The molecule has 2 aromatic carbocycles. The van der Waals surface area contributed by atoms with Crippen molar-refractivity contribution in [1.29, 1.82) is 0 Å². The van der Waals surface area contributed by atoms with Crippen molar-refractivity contribution in [3.05, 3.63) is 41.8 Å². The highest BCUT2D eigenvalue weighted by molar-refractivity contribution is 7.14.